The molecule has 0 aliphatic carbocycles. The monoisotopic (exact) mass is 329 g/mol. The third-order valence-electron chi connectivity index (χ3n) is 2.68. The lowest BCUT2D eigenvalue weighted by molar-refractivity contribution is 0.703. The Morgan fingerprint density at radius 1 is 1.29 bits per heavy atom. The summed E-state index contributed by atoms with van der Waals surface area (Å²) in [5.74, 6) is 0. The standard InChI is InChI=1S/C13H13BrClNS/c1-8-7-17-13(11(8)15)12(16-2)9-3-5-10(14)6-4-9/h3-7,12,16H,1-2H3. The summed E-state index contributed by atoms with van der Waals surface area (Å²) < 4.78 is 1.09. The summed E-state index contributed by atoms with van der Waals surface area (Å²) in [4.78, 5) is 1.17. The van der Waals surface area contributed by atoms with E-state index in [1.807, 2.05) is 26.1 Å². The molecule has 0 saturated heterocycles. The van der Waals surface area contributed by atoms with Crippen LogP contribution in [0, 0.1) is 6.92 Å². The van der Waals surface area contributed by atoms with Crippen molar-refractivity contribution in [1.82, 2.24) is 5.32 Å². The van der Waals surface area contributed by atoms with Crippen LogP contribution < -0.4 is 5.32 Å². The molecular formula is C13H13BrClNS. The van der Waals surface area contributed by atoms with Crippen LogP contribution >= 0.6 is 38.9 Å². The highest BCUT2D eigenvalue weighted by Crippen LogP contribution is 2.35. The van der Waals surface area contributed by atoms with Crippen LogP contribution in [-0.2, 0) is 0 Å². The van der Waals surface area contributed by atoms with Gasteiger partial charge in [-0.3, -0.25) is 0 Å². The van der Waals surface area contributed by atoms with Gasteiger partial charge in [0.1, 0.15) is 0 Å². The van der Waals surface area contributed by atoms with Gasteiger partial charge < -0.3 is 5.32 Å². The summed E-state index contributed by atoms with van der Waals surface area (Å²) in [7, 11) is 1.96. The number of hydrogen-bond donors (Lipinski definition) is 1. The highest BCUT2D eigenvalue weighted by Gasteiger charge is 2.18. The van der Waals surface area contributed by atoms with Gasteiger partial charge in [-0.15, -0.1) is 11.3 Å². The predicted molar refractivity (Wildman–Crippen MR) is 79.1 cm³/mol. The van der Waals surface area contributed by atoms with Crippen LogP contribution in [0.15, 0.2) is 34.1 Å². The van der Waals surface area contributed by atoms with Crippen molar-refractivity contribution in [2.75, 3.05) is 7.05 Å². The van der Waals surface area contributed by atoms with Crippen molar-refractivity contribution in [2.24, 2.45) is 0 Å². The van der Waals surface area contributed by atoms with Crippen molar-refractivity contribution in [1.29, 1.82) is 0 Å². The Labute approximate surface area is 119 Å². The Morgan fingerprint density at radius 2 is 1.94 bits per heavy atom. The van der Waals surface area contributed by atoms with Crippen molar-refractivity contribution >= 4 is 38.9 Å². The van der Waals surface area contributed by atoms with Gasteiger partial charge in [-0.1, -0.05) is 39.7 Å². The largest absolute Gasteiger partial charge is 0.309 e. The molecule has 1 nitrogen and oxygen atoms in total. The summed E-state index contributed by atoms with van der Waals surface area (Å²) in [5.41, 5.74) is 2.36. The average Bonchev–Trinajstić information content (AvgIpc) is 2.65. The minimum Gasteiger partial charge on any atom is -0.309 e. The third-order valence-corrected chi connectivity index (χ3v) is 4.99. The summed E-state index contributed by atoms with van der Waals surface area (Å²) in [5, 5.41) is 6.29. The molecule has 4 heteroatoms. The average molecular weight is 331 g/mol. The molecule has 2 aromatic rings. The van der Waals surface area contributed by atoms with Gasteiger partial charge in [-0.25, -0.2) is 0 Å². The van der Waals surface area contributed by atoms with Crippen LogP contribution in [0.4, 0.5) is 0 Å². The molecule has 0 amide bonds. The van der Waals surface area contributed by atoms with Crippen LogP contribution in [0.25, 0.3) is 0 Å². The van der Waals surface area contributed by atoms with Gasteiger partial charge in [-0.2, -0.15) is 0 Å². The molecule has 2 rings (SSSR count). The highest BCUT2D eigenvalue weighted by molar-refractivity contribution is 9.10. The second-order valence-electron chi connectivity index (χ2n) is 3.87. The zero-order valence-corrected chi connectivity index (χ0v) is 12.8. The maximum absolute atomic E-state index is 6.32. The van der Waals surface area contributed by atoms with Crippen molar-refractivity contribution in [3.05, 3.63) is 55.1 Å². The smallest absolute Gasteiger partial charge is 0.0683 e. The highest BCUT2D eigenvalue weighted by atomic mass is 79.9. The van der Waals surface area contributed by atoms with Crippen LogP contribution in [0.2, 0.25) is 5.02 Å². The van der Waals surface area contributed by atoms with Gasteiger partial charge in [-0.05, 0) is 42.6 Å². The molecule has 0 aliphatic heterocycles. The molecule has 1 N–H and O–H groups in total. The minimum atomic E-state index is 0.161. The number of nitrogens with one attached hydrogen (secondary N) is 1. The molecule has 1 atom stereocenters. The first-order valence-electron chi connectivity index (χ1n) is 5.29. The molecule has 1 unspecified atom stereocenters. The van der Waals surface area contributed by atoms with Crippen LogP contribution in [0.5, 0.6) is 0 Å². The summed E-state index contributed by atoms with van der Waals surface area (Å²) in [6.07, 6.45) is 0. The molecule has 1 aromatic heterocycles. The van der Waals surface area contributed by atoms with Crippen molar-refractivity contribution in [2.45, 2.75) is 13.0 Å². The molecule has 0 saturated carbocycles. The van der Waals surface area contributed by atoms with E-state index in [1.54, 1.807) is 11.3 Å². The minimum absolute atomic E-state index is 0.161. The maximum Gasteiger partial charge on any atom is 0.0683 e. The number of halogens is 2. The molecule has 0 radical (unpaired) electrons. The van der Waals surface area contributed by atoms with E-state index in [9.17, 15) is 0 Å². The van der Waals surface area contributed by atoms with Gasteiger partial charge >= 0.3 is 0 Å². The van der Waals surface area contributed by atoms with Crippen LogP contribution in [0.3, 0.4) is 0 Å². The predicted octanol–water partition coefficient (Wildman–Crippen LogP) is 4.78. The van der Waals surface area contributed by atoms with Gasteiger partial charge in [0.15, 0.2) is 0 Å². The second-order valence-corrected chi connectivity index (χ2v) is 6.08. The van der Waals surface area contributed by atoms with E-state index >= 15 is 0 Å². The fourth-order valence-corrected chi connectivity index (χ4v) is 3.45. The Bertz CT molecular complexity index is 507. The normalized spacial score (nSPS) is 12.7. The maximum atomic E-state index is 6.32. The number of aryl methyl sites for hydroxylation is 1. The molecule has 0 bridgehead atoms. The molecule has 0 spiro atoms. The summed E-state index contributed by atoms with van der Waals surface area (Å²) in [6, 6.07) is 8.48. The molecule has 0 fully saturated rings. The summed E-state index contributed by atoms with van der Waals surface area (Å²) >= 11 is 11.5. The zero-order chi connectivity index (χ0) is 12.4. The van der Waals surface area contributed by atoms with Gasteiger partial charge in [0, 0.05) is 9.35 Å². The third kappa shape index (κ3) is 2.74. The van der Waals surface area contributed by atoms with Crippen LogP contribution in [-0.4, -0.2) is 7.05 Å². The molecule has 0 aliphatic rings. The fourth-order valence-electron chi connectivity index (χ4n) is 1.75. The van der Waals surface area contributed by atoms with Crippen molar-refractivity contribution < 1.29 is 0 Å². The second kappa shape index (κ2) is 5.53. The SMILES string of the molecule is CNC(c1ccc(Br)cc1)c1scc(C)c1Cl. The Morgan fingerprint density at radius 3 is 2.41 bits per heavy atom. The van der Waals surface area contributed by atoms with Crippen LogP contribution in [0.1, 0.15) is 22.0 Å². The fraction of sp³-hybridized carbons (Fsp3) is 0.231. The van der Waals surface area contributed by atoms with Gasteiger partial charge in [0.05, 0.1) is 11.1 Å². The molecular weight excluding hydrogens is 318 g/mol. The van der Waals surface area contributed by atoms with E-state index in [0.29, 0.717) is 0 Å². The van der Waals surface area contributed by atoms with E-state index < -0.39 is 0 Å². The Kier molecular flexibility index (Phi) is 4.26. The van der Waals surface area contributed by atoms with Crippen molar-refractivity contribution in [3.8, 4) is 0 Å². The summed E-state index contributed by atoms with van der Waals surface area (Å²) in [6.45, 7) is 2.04. The van der Waals surface area contributed by atoms with Crippen molar-refractivity contribution in [3.63, 3.8) is 0 Å². The molecule has 90 valence electrons. The van der Waals surface area contributed by atoms with E-state index in [4.69, 9.17) is 11.6 Å². The van der Waals surface area contributed by atoms with E-state index in [2.05, 4.69) is 38.8 Å². The van der Waals surface area contributed by atoms with E-state index in [1.165, 1.54) is 10.4 Å². The number of hydrogen-bond acceptors (Lipinski definition) is 2. The number of rotatable bonds is 3. The van der Waals surface area contributed by atoms with E-state index in [-0.39, 0.29) is 6.04 Å². The number of thiophene rings is 1. The Hall–Kier alpha value is -0.350. The first-order chi connectivity index (χ1) is 8.13. The van der Waals surface area contributed by atoms with E-state index in [0.717, 1.165) is 15.1 Å². The molecule has 17 heavy (non-hydrogen) atoms. The quantitative estimate of drug-likeness (QED) is 0.854. The lowest BCUT2D eigenvalue weighted by atomic mass is 10.1. The molecule has 1 aromatic carbocycles. The first-order valence-corrected chi connectivity index (χ1v) is 7.34. The van der Waals surface area contributed by atoms with Gasteiger partial charge in [0.2, 0.25) is 0 Å². The number of benzene rings is 1. The lowest BCUT2D eigenvalue weighted by Gasteiger charge is -2.16. The topological polar surface area (TPSA) is 12.0 Å². The first kappa shape index (κ1) is 13.1. The van der Waals surface area contributed by atoms with Gasteiger partial charge in [0.25, 0.3) is 0 Å². The zero-order valence-electron chi connectivity index (χ0n) is 9.63. The Balaban J connectivity index is 2.40. The molecule has 1 heterocycles. The lowest BCUT2D eigenvalue weighted by Crippen LogP contribution is -2.16.